The normalized spacial score (nSPS) is 10.6. The maximum absolute atomic E-state index is 11.5. The number of rotatable bonds is 5. The van der Waals surface area contributed by atoms with Crippen molar-refractivity contribution in [3.8, 4) is 10.6 Å². The van der Waals surface area contributed by atoms with Crippen LogP contribution < -0.4 is 10.6 Å². The molecule has 0 aliphatic rings. The van der Waals surface area contributed by atoms with E-state index in [2.05, 4.69) is 33.8 Å². The molecule has 2 N–H and O–H groups in total. The first-order valence-corrected chi connectivity index (χ1v) is 9.40. The summed E-state index contributed by atoms with van der Waals surface area (Å²) in [5.41, 5.74) is 3.22. The third kappa shape index (κ3) is 4.61. The van der Waals surface area contributed by atoms with E-state index in [-0.39, 0.29) is 5.91 Å². The van der Waals surface area contributed by atoms with Gasteiger partial charge >= 0.3 is 0 Å². The molecule has 0 saturated heterocycles. The predicted octanol–water partition coefficient (Wildman–Crippen LogP) is 4.25. The molecule has 4 nitrogen and oxygen atoms in total. The lowest BCUT2D eigenvalue weighted by atomic mass is 10.1. The average molecular weight is 370 g/mol. The van der Waals surface area contributed by atoms with Gasteiger partial charge in [0.05, 0.1) is 10.2 Å². The Balaban J connectivity index is 1.60. The van der Waals surface area contributed by atoms with Crippen molar-refractivity contribution in [3.63, 3.8) is 0 Å². The van der Waals surface area contributed by atoms with Crippen molar-refractivity contribution in [2.45, 2.75) is 26.3 Å². The Morgan fingerprint density at radius 1 is 1.16 bits per heavy atom. The van der Waals surface area contributed by atoms with Crippen LogP contribution in [0.2, 0.25) is 0 Å². The molecule has 1 amide bonds. The summed E-state index contributed by atoms with van der Waals surface area (Å²) in [5, 5.41) is 7.12. The zero-order chi connectivity index (χ0) is 17.6. The summed E-state index contributed by atoms with van der Waals surface area (Å²) in [6.45, 7) is 2.54. The summed E-state index contributed by atoms with van der Waals surface area (Å²) < 4.78 is 1.19. The van der Waals surface area contributed by atoms with Gasteiger partial charge in [0.25, 0.3) is 0 Å². The lowest BCUT2D eigenvalue weighted by Crippen LogP contribution is -2.38. The quantitative estimate of drug-likeness (QED) is 0.660. The highest BCUT2D eigenvalue weighted by atomic mass is 32.1. The fourth-order valence-electron chi connectivity index (χ4n) is 2.40. The summed E-state index contributed by atoms with van der Waals surface area (Å²) in [6.07, 6.45) is 1.29. The highest BCUT2D eigenvalue weighted by Gasteiger charge is 2.06. The maximum Gasteiger partial charge on any atom is 0.226 e. The molecular weight excluding hydrogens is 350 g/mol. The van der Waals surface area contributed by atoms with Crippen molar-refractivity contribution >= 4 is 44.8 Å². The number of fused-ring (bicyclic) bond motifs is 1. The van der Waals surface area contributed by atoms with Crippen LogP contribution in [0.4, 0.5) is 0 Å². The zero-order valence-electron chi connectivity index (χ0n) is 13.9. The second-order valence-electron chi connectivity index (χ2n) is 5.66. The van der Waals surface area contributed by atoms with Crippen molar-refractivity contribution < 1.29 is 4.79 Å². The molecule has 128 valence electrons. The van der Waals surface area contributed by atoms with Crippen molar-refractivity contribution in [2.24, 2.45) is 0 Å². The van der Waals surface area contributed by atoms with Gasteiger partial charge in [-0.25, -0.2) is 4.98 Å². The van der Waals surface area contributed by atoms with Crippen molar-refractivity contribution in [1.29, 1.82) is 0 Å². The van der Waals surface area contributed by atoms with Crippen LogP contribution in [0.5, 0.6) is 0 Å². The van der Waals surface area contributed by atoms with Gasteiger partial charge < -0.3 is 10.6 Å². The topological polar surface area (TPSA) is 54.0 Å². The number of hydrogen-bond donors (Lipinski definition) is 2. The van der Waals surface area contributed by atoms with Crippen LogP contribution in [-0.4, -0.2) is 16.0 Å². The minimum atomic E-state index is -0.0498. The fourth-order valence-corrected chi connectivity index (χ4v) is 3.56. The monoisotopic (exact) mass is 369 g/mol. The fraction of sp³-hybridized carbons (Fsp3) is 0.211. The second kappa shape index (κ2) is 8.18. The Morgan fingerprint density at radius 3 is 2.64 bits per heavy atom. The third-order valence-corrected chi connectivity index (χ3v) is 5.01. The summed E-state index contributed by atoms with van der Waals surface area (Å²) in [5.74, 6) is -0.0498. The van der Waals surface area contributed by atoms with E-state index in [4.69, 9.17) is 12.2 Å². The number of carbonyl (C=O) groups excluding carboxylic acids is 1. The van der Waals surface area contributed by atoms with Gasteiger partial charge in [-0.3, -0.25) is 4.79 Å². The van der Waals surface area contributed by atoms with Gasteiger partial charge in [0.2, 0.25) is 5.91 Å². The number of carbonyl (C=O) groups is 1. The van der Waals surface area contributed by atoms with Crippen LogP contribution in [0.3, 0.4) is 0 Å². The number of nitrogens with zero attached hydrogens (tertiary/aromatic N) is 1. The van der Waals surface area contributed by atoms with Gasteiger partial charge in [0, 0.05) is 18.5 Å². The van der Waals surface area contributed by atoms with Crippen LogP contribution in [0.1, 0.15) is 25.3 Å². The van der Waals surface area contributed by atoms with Gasteiger partial charge in [-0.2, -0.15) is 0 Å². The summed E-state index contributed by atoms with van der Waals surface area (Å²) >= 11 is 6.82. The molecule has 25 heavy (non-hydrogen) atoms. The van der Waals surface area contributed by atoms with E-state index in [9.17, 15) is 4.79 Å². The Kier molecular flexibility index (Phi) is 5.73. The molecule has 2 aromatic carbocycles. The zero-order valence-corrected chi connectivity index (χ0v) is 15.5. The SMILES string of the molecule is CCCC(=O)NC(=S)NCc1ccc(-c2nc3ccccc3s2)cc1. The Bertz CT molecular complexity index is 854. The van der Waals surface area contributed by atoms with Gasteiger partial charge in [-0.1, -0.05) is 43.3 Å². The molecule has 1 heterocycles. The predicted molar refractivity (Wildman–Crippen MR) is 108 cm³/mol. The van der Waals surface area contributed by atoms with Crippen LogP contribution in [-0.2, 0) is 11.3 Å². The van der Waals surface area contributed by atoms with Crippen molar-refractivity contribution in [3.05, 3.63) is 54.1 Å². The van der Waals surface area contributed by atoms with Crippen molar-refractivity contribution in [1.82, 2.24) is 15.6 Å². The molecule has 0 fully saturated rings. The first-order valence-electron chi connectivity index (χ1n) is 8.18. The van der Waals surface area contributed by atoms with Gasteiger partial charge in [0.15, 0.2) is 5.11 Å². The molecule has 0 aliphatic heterocycles. The standard InChI is InChI=1S/C19H19N3OS2/c1-2-5-17(23)22-19(24)20-12-13-8-10-14(11-9-13)18-21-15-6-3-4-7-16(15)25-18/h3-4,6-11H,2,5,12H2,1H3,(H2,20,22,23,24). The van der Waals surface area contributed by atoms with Gasteiger partial charge in [-0.05, 0) is 36.3 Å². The first-order chi connectivity index (χ1) is 12.2. The summed E-state index contributed by atoms with van der Waals surface area (Å²) in [6, 6.07) is 16.4. The molecule has 0 bridgehead atoms. The Labute approximate surface area is 156 Å². The lowest BCUT2D eigenvalue weighted by Gasteiger charge is -2.09. The number of hydrogen-bond acceptors (Lipinski definition) is 4. The number of nitrogens with one attached hydrogen (secondary N) is 2. The van der Waals surface area contributed by atoms with E-state index in [0.717, 1.165) is 28.1 Å². The number of benzene rings is 2. The van der Waals surface area contributed by atoms with Gasteiger partial charge in [0.1, 0.15) is 5.01 Å². The number of aromatic nitrogens is 1. The first kappa shape index (κ1) is 17.5. The summed E-state index contributed by atoms with van der Waals surface area (Å²) in [4.78, 5) is 16.2. The van der Waals surface area contributed by atoms with Crippen LogP contribution >= 0.6 is 23.6 Å². The van der Waals surface area contributed by atoms with E-state index in [1.807, 2.05) is 37.3 Å². The lowest BCUT2D eigenvalue weighted by molar-refractivity contribution is -0.119. The van der Waals surface area contributed by atoms with E-state index < -0.39 is 0 Å². The maximum atomic E-state index is 11.5. The number of amides is 1. The highest BCUT2D eigenvalue weighted by Crippen LogP contribution is 2.29. The highest BCUT2D eigenvalue weighted by molar-refractivity contribution is 7.80. The molecule has 3 rings (SSSR count). The van der Waals surface area contributed by atoms with Crippen LogP contribution in [0.15, 0.2) is 48.5 Å². The Morgan fingerprint density at radius 2 is 1.92 bits per heavy atom. The van der Waals surface area contributed by atoms with E-state index >= 15 is 0 Å². The number of thiocarbonyl (C=S) groups is 1. The van der Waals surface area contributed by atoms with E-state index in [1.165, 1.54) is 4.70 Å². The molecule has 0 atom stereocenters. The molecule has 3 aromatic rings. The minimum Gasteiger partial charge on any atom is -0.358 e. The smallest absolute Gasteiger partial charge is 0.226 e. The van der Waals surface area contributed by atoms with Crippen LogP contribution in [0.25, 0.3) is 20.8 Å². The molecular formula is C19H19N3OS2. The van der Waals surface area contributed by atoms with E-state index in [1.54, 1.807) is 11.3 Å². The number of thiazole rings is 1. The molecule has 0 saturated carbocycles. The van der Waals surface area contributed by atoms with Crippen molar-refractivity contribution in [2.75, 3.05) is 0 Å². The molecule has 6 heteroatoms. The number of para-hydroxylation sites is 1. The average Bonchev–Trinajstić information content (AvgIpc) is 3.04. The molecule has 0 unspecified atom stereocenters. The molecule has 0 spiro atoms. The second-order valence-corrected chi connectivity index (χ2v) is 7.10. The van der Waals surface area contributed by atoms with Crippen LogP contribution in [0, 0.1) is 0 Å². The van der Waals surface area contributed by atoms with E-state index in [0.29, 0.717) is 18.1 Å². The molecule has 1 aromatic heterocycles. The van der Waals surface area contributed by atoms with Gasteiger partial charge in [-0.15, -0.1) is 11.3 Å². The largest absolute Gasteiger partial charge is 0.358 e. The third-order valence-electron chi connectivity index (χ3n) is 3.68. The molecule has 0 radical (unpaired) electrons. The minimum absolute atomic E-state index is 0.0498. The molecule has 0 aliphatic carbocycles. The summed E-state index contributed by atoms with van der Waals surface area (Å²) in [7, 11) is 0. The Hall–Kier alpha value is -2.31.